The van der Waals surface area contributed by atoms with Gasteiger partial charge in [-0.1, -0.05) is 26.0 Å². The maximum Gasteiger partial charge on any atom is 0.261 e. The molecule has 0 saturated carbocycles. The molecule has 1 heterocycles. The number of carbonyl (C=O) groups is 3. The minimum Gasteiger partial charge on any atom is -0.326 e. The van der Waals surface area contributed by atoms with Crippen LogP contribution >= 0.6 is 11.8 Å². The number of nitrogens with zero attached hydrogens (tertiary/aromatic N) is 1. The molecule has 1 N–H and O–H groups in total. The molecular weight excluding hydrogens is 384 g/mol. The summed E-state index contributed by atoms with van der Waals surface area (Å²) in [6.45, 7) is 6.59. The summed E-state index contributed by atoms with van der Waals surface area (Å²) in [5, 5.41) is 3.49. The van der Waals surface area contributed by atoms with Crippen LogP contribution in [0, 0.1) is 6.92 Å². The standard InChI is InChI=1S/C23H26N2O3S/c1-4-16(3)29-17-11-12-20(15(2)14-17)24-21(26)10-7-13-25-22(27)18-8-5-6-9-19(18)23(25)28/h5-6,8-9,11-12,14,16H,4,7,10,13H2,1-3H3,(H,24,26). The van der Waals surface area contributed by atoms with Crippen molar-refractivity contribution < 1.29 is 14.4 Å². The monoisotopic (exact) mass is 410 g/mol. The van der Waals surface area contributed by atoms with Crippen molar-refractivity contribution in [3.8, 4) is 0 Å². The number of imide groups is 1. The van der Waals surface area contributed by atoms with Crippen molar-refractivity contribution in [3.05, 3.63) is 59.2 Å². The number of amides is 3. The first-order chi connectivity index (χ1) is 13.9. The van der Waals surface area contributed by atoms with E-state index in [2.05, 4.69) is 25.2 Å². The molecule has 1 unspecified atom stereocenters. The highest BCUT2D eigenvalue weighted by atomic mass is 32.2. The van der Waals surface area contributed by atoms with Crippen LogP contribution in [0.25, 0.3) is 0 Å². The van der Waals surface area contributed by atoms with Gasteiger partial charge in [0.25, 0.3) is 11.8 Å². The van der Waals surface area contributed by atoms with Gasteiger partial charge in [0.2, 0.25) is 5.91 Å². The van der Waals surface area contributed by atoms with Crippen LogP contribution in [0.3, 0.4) is 0 Å². The summed E-state index contributed by atoms with van der Waals surface area (Å²) in [6, 6.07) is 12.9. The Morgan fingerprint density at radius 1 is 1.10 bits per heavy atom. The Bertz CT molecular complexity index is 906. The van der Waals surface area contributed by atoms with Crippen LogP contribution < -0.4 is 5.32 Å². The van der Waals surface area contributed by atoms with Gasteiger partial charge >= 0.3 is 0 Å². The van der Waals surface area contributed by atoms with Crippen molar-refractivity contribution in [2.75, 3.05) is 11.9 Å². The van der Waals surface area contributed by atoms with Gasteiger partial charge in [-0.15, -0.1) is 11.8 Å². The summed E-state index contributed by atoms with van der Waals surface area (Å²) >= 11 is 1.83. The number of benzene rings is 2. The van der Waals surface area contributed by atoms with Crippen molar-refractivity contribution in [2.24, 2.45) is 0 Å². The topological polar surface area (TPSA) is 66.5 Å². The van der Waals surface area contributed by atoms with E-state index < -0.39 is 0 Å². The first-order valence-electron chi connectivity index (χ1n) is 9.93. The zero-order valence-electron chi connectivity index (χ0n) is 17.0. The predicted octanol–water partition coefficient (Wildman–Crippen LogP) is 4.90. The fraction of sp³-hybridized carbons (Fsp3) is 0.348. The second-order valence-corrected chi connectivity index (χ2v) is 8.78. The molecule has 1 aliphatic heterocycles. The molecule has 0 fully saturated rings. The third kappa shape index (κ3) is 4.88. The van der Waals surface area contributed by atoms with E-state index in [9.17, 15) is 14.4 Å². The Labute approximate surface area is 175 Å². The predicted molar refractivity (Wildman–Crippen MR) is 116 cm³/mol. The number of aryl methyl sites for hydroxylation is 1. The quantitative estimate of drug-likeness (QED) is 0.496. The molecule has 0 aliphatic carbocycles. The average molecular weight is 411 g/mol. The maximum atomic E-state index is 12.4. The highest BCUT2D eigenvalue weighted by Gasteiger charge is 2.34. The first kappa shape index (κ1) is 21.1. The van der Waals surface area contributed by atoms with E-state index in [1.54, 1.807) is 24.3 Å². The van der Waals surface area contributed by atoms with Gasteiger partial charge in [0.1, 0.15) is 0 Å². The molecule has 3 rings (SSSR count). The van der Waals surface area contributed by atoms with Crippen molar-refractivity contribution in [1.82, 2.24) is 4.90 Å². The van der Waals surface area contributed by atoms with Crippen LogP contribution in [0.4, 0.5) is 5.69 Å². The molecule has 2 aromatic carbocycles. The maximum absolute atomic E-state index is 12.4. The Morgan fingerprint density at radius 2 is 1.76 bits per heavy atom. The molecule has 1 aliphatic rings. The molecule has 2 aromatic rings. The Kier molecular flexibility index (Phi) is 6.75. The number of thioether (sulfide) groups is 1. The van der Waals surface area contributed by atoms with Crippen molar-refractivity contribution >= 4 is 35.2 Å². The van der Waals surface area contributed by atoms with Crippen LogP contribution in [0.1, 0.15) is 59.4 Å². The van der Waals surface area contributed by atoms with Crippen LogP contribution in [-0.4, -0.2) is 34.4 Å². The molecule has 29 heavy (non-hydrogen) atoms. The largest absolute Gasteiger partial charge is 0.326 e. The van der Waals surface area contributed by atoms with E-state index in [1.165, 1.54) is 9.80 Å². The average Bonchev–Trinajstić information content (AvgIpc) is 2.95. The van der Waals surface area contributed by atoms with Crippen LogP contribution in [0.2, 0.25) is 0 Å². The Balaban J connectivity index is 1.51. The van der Waals surface area contributed by atoms with Gasteiger partial charge in [-0.25, -0.2) is 0 Å². The molecule has 3 amide bonds. The molecule has 152 valence electrons. The molecular formula is C23H26N2O3S. The number of hydrogen-bond donors (Lipinski definition) is 1. The molecule has 5 nitrogen and oxygen atoms in total. The van der Waals surface area contributed by atoms with Crippen molar-refractivity contribution in [3.63, 3.8) is 0 Å². The van der Waals surface area contributed by atoms with E-state index in [0.717, 1.165) is 17.7 Å². The molecule has 6 heteroatoms. The number of hydrogen-bond acceptors (Lipinski definition) is 4. The second-order valence-electron chi connectivity index (χ2n) is 7.27. The molecule has 0 radical (unpaired) electrons. The second kappa shape index (κ2) is 9.27. The number of anilines is 1. The summed E-state index contributed by atoms with van der Waals surface area (Å²) in [7, 11) is 0. The smallest absolute Gasteiger partial charge is 0.261 e. The van der Waals surface area contributed by atoms with E-state index in [4.69, 9.17) is 0 Å². The first-order valence-corrected chi connectivity index (χ1v) is 10.8. The summed E-state index contributed by atoms with van der Waals surface area (Å²) < 4.78 is 0. The van der Waals surface area contributed by atoms with Gasteiger partial charge in [-0.2, -0.15) is 0 Å². The highest BCUT2D eigenvalue weighted by molar-refractivity contribution is 7.99. The fourth-order valence-electron chi connectivity index (χ4n) is 3.22. The van der Waals surface area contributed by atoms with Crippen molar-refractivity contribution in [1.29, 1.82) is 0 Å². The Hall–Kier alpha value is -2.60. The molecule has 1 atom stereocenters. The van der Waals surface area contributed by atoms with Gasteiger partial charge in [-0.3, -0.25) is 19.3 Å². The number of nitrogens with one attached hydrogen (secondary N) is 1. The summed E-state index contributed by atoms with van der Waals surface area (Å²) in [5.74, 6) is -0.681. The van der Waals surface area contributed by atoms with E-state index >= 15 is 0 Å². The van der Waals surface area contributed by atoms with Crippen LogP contribution in [0.15, 0.2) is 47.4 Å². The summed E-state index contributed by atoms with van der Waals surface area (Å²) in [5.41, 5.74) is 2.69. The van der Waals surface area contributed by atoms with Crippen LogP contribution in [-0.2, 0) is 4.79 Å². The summed E-state index contributed by atoms with van der Waals surface area (Å²) in [6.07, 6.45) is 1.78. The lowest BCUT2D eigenvalue weighted by atomic mass is 10.1. The number of fused-ring (bicyclic) bond motifs is 1. The zero-order valence-corrected chi connectivity index (χ0v) is 17.8. The lowest BCUT2D eigenvalue weighted by Crippen LogP contribution is -2.31. The SMILES string of the molecule is CCC(C)Sc1ccc(NC(=O)CCCN2C(=O)c3ccccc3C2=O)c(C)c1. The highest BCUT2D eigenvalue weighted by Crippen LogP contribution is 2.28. The van der Waals surface area contributed by atoms with E-state index in [1.807, 2.05) is 30.8 Å². The molecule has 0 spiro atoms. The lowest BCUT2D eigenvalue weighted by Gasteiger charge is -2.14. The van der Waals surface area contributed by atoms with Gasteiger partial charge in [0.05, 0.1) is 11.1 Å². The Morgan fingerprint density at radius 3 is 2.34 bits per heavy atom. The molecule has 0 bridgehead atoms. The normalized spacial score (nSPS) is 14.1. The fourth-order valence-corrected chi connectivity index (χ4v) is 4.24. The number of rotatable bonds is 8. The van der Waals surface area contributed by atoms with Gasteiger partial charge in [0, 0.05) is 28.8 Å². The number of carbonyl (C=O) groups excluding carboxylic acids is 3. The zero-order chi connectivity index (χ0) is 21.0. The van der Waals surface area contributed by atoms with Gasteiger partial charge < -0.3 is 5.32 Å². The summed E-state index contributed by atoms with van der Waals surface area (Å²) in [4.78, 5) is 39.4. The third-order valence-corrected chi connectivity index (χ3v) is 6.31. The van der Waals surface area contributed by atoms with E-state index in [-0.39, 0.29) is 30.7 Å². The van der Waals surface area contributed by atoms with Crippen molar-refractivity contribution in [2.45, 2.75) is 50.2 Å². The molecule has 0 saturated heterocycles. The lowest BCUT2D eigenvalue weighted by molar-refractivity contribution is -0.116. The third-order valence-electron chi connectivity index (χ3n) is 5.05. The van der Waals surface area contributed by atoms with E-state index in [0.29, 0.717) is 22.8 Å². The van der Waals surface area contributed by atoms with Gasteiger partial charge in [-0.05, 0) is 55.7 Å². The minimum absolute atomic E-state index is 0.118. The molecule has 0 aromatic heterocycles. The minimum atomic E-state index is -0.281. The van der Waals surface area contributed by atoms with Gasteiger partial charge in [0.15, 0.2) is 0 Å². The van der Waals surface area contributed by atoms with Crippen LogP contribution in [0.5, 0.6) is 0 Å².